The molecule has 1 atom stereocenters. The SMILES string of the molecule is Nc1c(O)ccc2c1[C@H](N)CCO2. The van der Waals surface area contributed by atoms with Crippen molar-refractivity contribution in [3.05, 3.63) is 17.7 Å². The van der Waals surface area contributed by atoms with E-state index in [1.54, 1.807) is 6.07 Å². The van der Waals surface area contributed by atoms with Crippen molar-refractivity contribution in [2.75, 3.05) is 12.3 Å². The highest BCUT2D eigenvalue weighted by molar-refractivity contribution is 5.64. The number of anilines is 1. The van der Waals surface area contributed by atoms with Crippen molar-refractivity contribution >= 4 is 5.69 Å². The number of aromatic hydroxyl groups is 1. The molecule has 0 saturated carbocycles. The molecule has 0 spiro atoms. The van der Waals surface area contributed by atoms with Gasteiger partial charge >= 0.3 is 0 Å². The summed E-state index contributed by atoms with van der Waals surface area (Å²) in [4.78, 5) is 0. The van der Waals surface area contributed by atoms with Gasteiger partial charge < -0.3 is 21.3 Å². The predicted octanol–water partition coefficient (Wildman–Crippen LogP) is 0.757. The van der Waals surface area contributed by atoms with Crippen LogP contribution in [0.2, 0.25) is 0 Å². The van der Waals surface area contributed by atoms with Gasteiger partial charge in [0.25, 0.3) is 0 Å². The molecule has 0 aliphatic carbocycles. The zero-order valence-electron chi connectivity index (χ0n) is 7.16. The Morgan fingerprint density at radius 2 is 2.23 bits per heavy atom. The standard InChI is InChI=1S/C9H12N2O2/c10-5-3-4-13-7-2-1-6(12)9(11)8(5)7/h1-2,5,12H,3-4,10-11H2/t5-/m1/s1. The van der Waals surface area contributed by atoms with Gasteiger partial charge in [-0.25, -0.2) is 0 Å². The third-order valence-corrected chi connectivity index (χ3v) is 2.28. The highest BCUT2D eigenvalue weighted by atomic mass is 16.5. The molecule has 0 saturated heterocycles. The molecule has 1 heterocycles. The first-order valence-corrected chi connectivity index (χ1v) is 4.20. The van der Waals surface area contributed by atoms with Crippen LogP contribution in [-0.2, 0) is 0 Å². The number of phenols is 1. The van der Waals surface area contributed by atoms with Gasteiger partial charge in [-0.05, 0) is 12.1 Å². The lowest BCUT2D eigenvalue weighted by atomic mass is 9.99. The van der Waals surface area contributed by atoms with Crippen LogP contribution in [-0.4, -0.2) is 11.7 Å². The topological polar surface area (TPSA) is 81.5 Å². The van der Waals surface area contributed by atoms with Crippen LogP contribution in [0.5, 0.6) is 11.5 Å². The number of rotatable bonds is 0. The van der Waals surface area contributed by atoms with Crippen LogP contribution in [0, 0.1) is 0 Å². The Morgan fingerprint density at radius 3 is 3.00 bits per heavy atom. The van der Waals surface area contributed by atoms with Crippen LogP contribution in [0.15, 0.2) is 12.1 Å². The molecule has 5 N–H and O–H groups in total. The molecule has 4 heteroatoms. The van der Waals surface area contributed by atoms with E-state index in [9.17, 15) is 5.11 Å². The zero-order valence-corrected chi connectivity index (χ0v) is 7.16. The lowest BCUT2D eigenvalue weighted by Crippen LogP contribution is -2.21. The Bertz CT molecular complexity index is 339. The van der Waals surface area contributed by atoms with Gasteiger partial charge in [0.1, 0.15) is 11.5 Å². The fraction of sp³-hybridized carbons (Fsp3) is 0.333. The molecule has 0 bridgehead atoms. The fourth-order valence-electron chi connectivity index (χ4n) is 1.55. The number of fused-ring (bicyclic) bond motifs is 1. The Morgan fingerprint density at radius 1 is 1.46 bits per heavy atom. The Hall–Kier alpha value is -1.42. The van der Waals surface area contributed by atoms with E-state index in [2.05, 4.69) is 0 Å². The van der Waals surface area contributed by atoms with Gasteiger partial charge in [0.2, 0.25) is 0 Å². The van der Waals surface area contributed by atoms with E-state index in [1.165, 1.54) is 6.07 Å². The molecule has 0 radical (unpaired) electrons. The summed E-state index contributed by atoms with van der Waals surface area (Å²) >= 11 is 0. The van der Waals surface area contributed by atoms with E-state index in [4.69, 9.17) is 16.2 Å². The molecular weight excluding hydrogens is 168 g/mol. The molecule has 4 nitrogen and oxygen atoms in total. The maximum Gasteiger partial charge on any atom is 0.139 e. The summed E-state index contributed by atoms with van der Waals surface area (Å²) in [6.07, 6.45) is 0.737. The minimum atomic E-state index is -0.129. The van der Waals surface area contributed by atoms with Crippen LogP contribution in [0.25, 0.3) is 0 Å². The van der Waals surface area contributed by atoms with Crippen molar-refractivity contribution in [1.29, 1.82) is 0 Å². The van der Waals surface area contributed by atoms with Gasteiger partial charge in [-0.3, -0.25) is 0 Å². The van der Waals surface area contributed by atoms with Crippen molar-refractivity contribution in [1.82, 2.24) is 0 Å². The summed E-state index contributed by atoms with van der Waals surface area (Å²) in [6, 6.07) is 3.09. The zero-order chi connectivity index (χ0) is 9.42. The summed E-state index contributed by atoms with van der Waals surface area (Å²) in [5.74, 6) is 0.758. The number of ether oxygens (including phenoxy) is 1. The third-order valence-electron chi connectivity index (χ3n) is 2.28. The summed E-state index contributed by atoms with van der Waals surface area (Å²) in [5, 5.41) is 9.36. The van der Waals surface area contributed by atoms with E-state index in [-0.39, 0.29) is 11.8 Å². The van der Waals surface area contributed by atoms with Gasteiger partial charge in [-0.1, -0.05) is 0 Å². The molecule has 0 fully saturated rings. The number of benzene rings is 1. The molecule has 13 heavy (non-hydrogen) atoms. The third kappa shape index (κ3) is 1.19. The van der Waals surface area contributed by atoms with Gasteiger partial charge in [0.15, 0.2) is 0 Å². The quantitative estimate of drug-likeness (QED) is 0.406. The average Bonchev–Trinajstić information content (AvgIpc) is 2.12. The number of phenolic OH excluding ortho intramolecular Hbond substituents is 1. The highest BCUT2D eigenvalue weighted by Crippen LogP contribution is 2.39. The maximum absolute atomic E-state index is 9.36. The van der Waals surface area contributed by atoms with E-state index in [0.717, 1.165) is 12.0 Å². The second-order valence-corrected chi connectivity index (χ2v) is 3.15. The minimum Gasteiger partial charge on any atom is -0.506 e. The number of nitrogens with two attached hydrogens (primary N) is 2. The second-order valence-electron chi connectivity index (χ2n) is 3.15. The van der Waals surface area contributed by atoms with Crippen molar-refractivity contribution in [2.45, 2.75) is 12.5 Å². The molecule has 1 aromatic carbocycles. The maximum atomic E-state index is 9.36. The highest BCUT2D eigenvalue weighted by Gasteiger charge is 2.22. The number of hydrogen-bond donors (Lipinski definition) is 3. The van der Waals surface area contributed by atoms with Crippen LogP contribution in [0.4, 0.5) is 5.69 Å². The lowest BCUT2D eigenvalue weighted by Gasteiger charge is -2.24. The van der Waals surface area contributed by atoms with Crippen LogP contribution < -0.4 is 16.2 Å². The van der Waals surface area contributed by atoms with E-state index < -0.39 is 0 Å². The van der Waals surface area contributed by atoms with Crippen molar-refractivity contribution in [3.63, 3.8) is 0 Å². The molecule has 70 valence electrons. The van der Waals surface area contributed by atoms with Crippen molar-refractivity contribution < 1.29 is 9.84 Å². The van der Waals surface area contributed by atoms with E-state index >= 15 is 0 Å². The molecular formula is C9H12N2O2. The first-order valence-electron chi connectivity index (χ1n) is 4.20. The van der Waals surface area contributed by atoms with Crippen LogP contribution in [0.3, 0.4) is 0 Å². The van der Waals surface area contributed by atoms with Crippen molar-refractivity contribution in [3.8, 4) is 11.5 Å². The normalized spacial score (nSPS) is 20.5. The summed E-state index contributed by atoms with van der Waals surface area (Å²) < 4.78 is 5.36. The average molecular weight is 180 g/mol. The van der Waals surface area contributed by atoms with Gasteiger partial charge in [0, 0.05) is 18.0 Å². The molecule has 0 unspecified atom stereocenters. The molecule has 1 aliphatic heterocycles. The first kappa shape index (κ1) is 8.19. The summed E-state index contributed by atoms with van der Waals surface area (Å²) in [6.45, 7) is 0.610. The molecule has 2 rings (SSSR count). The predicted molar refractivity (Wildman–Crippen MR) is 49.6 cm³/mol. The van der Waals surface area contributed by atoms with E-state index in [1.807, 2.05) is 0 Å². The number of nitrogen functional groups attached to an aromatic ring is 1. The second kappa shape index (κ2) is 2.81. The lowest BCUT2D eigenvalue weighted by molar-refractivity contribution is 0.269. The van der Waals surface area contributed by atoms with Crippen molar-refractivity contribution in [2.24, 2.45) is 5.73 Å². The van der Waals surface area contributed by atoms with Crippen LogP contribution in [0.1, 0.15) is 18.0 Å². The Labute approximate surface area is 76.1 Å². The Kier molecular flexibility index (Phi) is 1.77. The monoisotopic (exact) mass is 180 g/mol. The summed E-state index contributed by atoms with van der Waals surface area (Å²) in [7, 11) is 0. The van der Waals surface area contributed by atoms with Crippen LogP contribution >= 0.6 is 0 Å². The minimum absolute atomic E-state index is 0.0692. The molecule has 1 aliphatic rings. The molecule has 1 aromatic rings. The van der Waals surface area contributed by atoms with Gasteiger partial charge in [-0.2, -0.15) is 0 Å². The first-order chi connectivity index (χ1) is 6.20. The summed E-state index contributed by atoms with van der Waals surface area (Å²) in [5.41, 5.74) is 12.6. The number of hydrogen-bond acceptors (Lipinski definition) is 4. The molecule has 0 aromatic heterocycles. The Balaban J connectivity index is 2.58. The fourth-order valence-corrected chi connectivity index (χ4v) is 1.55. The molecule has 0 amide bonds. The van der Waals surface area contributed by atoms with E-state index in [0.29, 0.717) is 18.0 Å². The van der Waals surface area contributed by atoms with Gasteiger partial charge in [-0.15, -0.1) is 0 Å². The largest absolute Gasteiger partial charge is 0.506 e. The van der Waals surface area contributed by atoms with Gasteiger partial charge in [0.05, 0.1) is 12.3 Å². The smallest absolute Gasteiger partial charge is 0.139 e.